The van der Waals surface area contributed by atoms with E-state index < -0.39 is 62.2 Å². The van der Waals surface area contributed by atoms with Crippen LogP contribution in [0.5, 0.6) is 5.75 Å². The second kappa shape index (κ2) is 12.4. The molecule has 6 nitrogen and oxygen atoms in total. The van der Waals surface area contributed by atoms with Crippen molar-refractivity contribution in [3.05, 3.63) is 83.9 Å². The van der Waals surface area contributed by atoms with Crippen LogP contribution in [-0.4, -0.2) is 43.0 Å². The van der Waals surface area contributed by atoms with Crippen molar-refractivity contribution in [2.75, 3.05) is 6.61 Å². The lowest BCUT2D eigenvalue weighted by atomic mass is 9.84. The summed E-state index contributed by atoms with van der Waals surface area (Å²) in [6.45, 7) is 13.2. The molecule has 3 aromatic rings. The number of halogens is 4. The van der Waals surface area contributed by atoms with Gasteiger partial charge in [0, 0.05) is 5.56 Å². The summed E-state index contributed by atoms with van der Waals surface area (Å²) in [6.07, 6.45) is -3.51. The molecule has 1 fully saturated rings. The van der Waals surface area contributed by atoms with Crippen LogP contribution in [0.25, 0.3) is 0 Å². The van der Waals surface area contributed by atoms with Crippen molar-refractivity contribution >= 4 is 21.0 Å². The van der Waals surface area contributed by atoms with Crippen molar-refractivity contribution in [1.82, 2.24) is 0 Å². The van der Waals surface area contributed by atoms with Gasteiger partial charge in [0.05, 0.1) is 10.9 Å². The number of ether oxygens (including phenoxy) is 3. The Hall–Kier alpha value is -2.64. The van der Waals surface area contributed by atoms with Gasteiger partial charge in [-0.05, 0) is 90.9 Å². The van der Waals surface area contributed by atoms with E-state index in [-0.39, 0.29) is 11.2 Å². The Balaban J connectivity index is 1.69. The molecular weight excluding hydrogens is 644 g/mol. The smallest absolute Gasteiger partial charge is 0.405 e. The Kier molecular flexibility index (Phi) is 9.78. The summed E-state index contributed by atoms with van der Waals surface area (Å²) < 4.78 is 106. The first-order valence-electron chi connectivity index (χ1n) is 14.7. The van der Waals surface area contributed by atoms with Crippen LogP contribution in [-0.2, 0) is 41.7 Å². The molecule has 0 aromatic heterocycles. The SMILES string of the molecule is CC(Oc1ccc([S+](c2ccc(C(C)(C)C)cc2)c2ccc(C3(C)OCC(F)(F)C(C(C)(C)C)O3)cc2)cc1)C(F)(F)S(=O)(=O)O. The molecule has 0 amide bonds. The molecule has 4 rings (SSSR count). The normalized spacial score (nSPS) is 22.2. The van der Waals surface area contributed by atoms with Gasteiger partial charge in [-0.15, -0.1) is 0 Å². The van der Waals surface area contributed by atoms with E-state index in [2.05, 4.69) is 32.9 Å². The van der Waals surface area contributed by atoms with Gasteiger partial charge in [0.2, 0.25) is 0 Å². The summed E-state index contributed by atoms with van der Waals surface area (Å²) >= 11 is 0. The largest absolute Gasteiger partial charge is 0.483 e. The molecule has 4 unspecified atom stereocenters. The molecule has 0 saturated carbocycles. The monoisotopic (exact) mass is 685 g/mol. The maximum Gasteiger partial charge on any atom is 0.405 e. The summed E-state index contributed by atoms with van der Waals surface area (Å²) in [6, 6.07) is 21.8. The third kappa shape index (κ3) is 7.57. The number of hydrogen-bond donors (Lipinski definition) is 1. The van der Waals surface area contributed by atoms with E-state index in [1.54, 1.807) is 52.0 Å². The molecule has 12 heteroatoms. The first-order valence-corrected chi connectivity index (χ1v) is 17.4. The van der Waals surface area contributed by atoms with Crippen LogP contribution in [0.4, 0.5) is 17.6 Å². The lowest BCUT2D eigenvalue weighted by molar-refractivity contribution is -0.377. The molecule has 0 spiro atoms. The van der Waals surface area contributed by atoms with E-state index in [0.717, 1.165) is 27.2 Å². The van der Waals surface area contributed by atoms with Gasteiger partial charge in [0.25, 0.3) is 5.92 Å². The van der Waals surface area contributed by atoms with Gasteiger partial charge in [0.15, 0.2) is 26.6 Å². The minimum atomic E-state index is -5.67. The zero-order chi connectivity index (χ0) is 34.5. The molecular formula is C34H41F4O6S2+. The third-order valence-corrected chi connectivity index (χ3v) is 11.1. The van der Waals surface area contributed by atoms with Gasteiger partial charge in [-0.25, -0.2) is 8.78 Å². The van der Waals surface area contributed by atoms with E-state index in [0.29, 0.717) is 5.56 Å². The summed E-state index contributed by atoms with van der Waals surface area (Å²) in [5.74, 6) is -4.56. The molecule has 4 atom stereocenters. The molecule has 0 radical (unpaired) electrons. The summed E-state index contributed by atoms with van der Waals surface area (Å²) in [5.41, 5.74) is 0.800. The fraction of sp³-hybridized carbons (Fsp3) is 0.471. The van der Waals surface area contributed by atoms with Crippen LogP contribution in [0, 0.1) is 5.41 Å². The fourth-order valence-electron chi connectivity index (χ4n) is 5.15. The quantitative estimate of drug-likeness (QED) is 0.145. The molecule has 1 N–H and O–H groups in total. The van der Waals surface area contributed by atoms with Crippen LogP contribution in [0.3, 0.4) is 0 Å². The minimum Gasteiger partial charge on any atom is -0.483 e. The molecule has 3 aromatic carbocycles. The van der Waals surface area contributed by atoms with Gasteiger partial charge in [0.1, 0.15) is 18.5 Å². The average Bonchev–Trinajstić information content (AvgIpc) is 2.94. The topological polar surface area (TPSA) is 82.1 Å². The molecule has 0 bridgehead atoms. The van der Waals surface area contributed by atoms with Crippen LogP contribution < -0.4 is 4.74 Å². The van der Waals surface area contributed by atoms with Gasteiger partial charge in [-0.2, -0.15) is 17.2 Å². The Bertz CT molecular complexity index is 1610. The predicted molar refractivity (Wildman–Crippen MR) is 169 cm³/mol. The number of hydrogen-bond acceptors (Lipinski definition) is 5. The van der Waals surface area contributed by atoms with Crippen molar-refractivity contribution in [1.29, 1.82) is 0 Å². The highest BCUT2D eigenvalue weighted by Crippen LogP contribution is 2.46. The van der Waals surface area contributed by atoms with Crippen LogP contribution in [0.1, 0.15) is 66.5 Å². The molecule has 1 aliphatic rings. The standard InChI is InChI=1S/C34H40F4O6S2/c1-22(34(37,38)46(39,40)41)43-25-13-19-28(20-14-25)45(26-15-9-23(10-16-26)30(2,3)4)27-17-11-24(12-18-27)32(8)42-21-33(35,36)29(44-32)31(5,6)7/h9-20,22,29H,21H2,1-8H3/p+1. The van der Waals surface area contributed by atoms with Gasteiger partial charge < -0.3 is 14.2 Å². The average molecular weight is 686 g/mol. The van der Waals surface area contributed by atoms with E-state index in [1.807, 2.05) is 24.3 Å². The highest BCUT2D eigenvalue weighted by atomic mass is 32.2. The number of rotatable bonds is 8. The molecule has 1 heterocycles. The molecule has 1 aliphatic heterocycles. The second-order valence-corrected chi connectivity index (χ2v) is 17.3. The molecule has 46 heavy (non-hydrogen) atoms. The van der Waals surface area contributed by atoms with E-state index in [1.165, 1.54) is 12.1 Å². The predicted octanol–water partition coefficient (Wildman–Crippen LogP) is 8.60. The van der Waals surface area contributed by atoms with E-state index >= 15 is 0 Å². The summed E-state index contributed by atoms with van der Waals surface area (Å²) in [7, 11) is -6.38. The van der Waals surface area contributed by atoms with Gasteiger partial charge >= 0.3 is 15.4 Å². The first-order chi connectivity index (χ1) is 21.0. The van der Waals surface area contributed by atoms with Gasteiger partial charge in [-0.1, -0.05) is 53.7 Å². The fourth-order valence-corrected chi connectivity index (χ4v) is 7.66. The van der Waals surface area contributed by atoms with Crippen molar-refractivity contribution in [2.45, 2.75) is 105 Å². The van der Waals surface area contributed by atoms with Crippen molar-refractivity contribution < 1.29 is 44.7 Å². The Morgan fingerprint density at radius 3 is 1.76 bits per heavy atom. The zero-order valence-corrected chi connectivity index (χ0v) is 28.7. The lowest BCUT2D eigenvalue weighted by Crippen LogP contribution is -2.57. The number of benzene rings is 3. The van der Waals surface area contributed by atoms with Crippen molar-refractivity contribution in [2.24, 2.45) is 5.41 Å². The molecule has 0 aliphatic carbocycles. The van der Waals surface area contributed by atoms with E-state index in [4.69, 9.17) is 18.8 Å². The van der Waals surface area contributed by atoms with Crippen molar-refractivity contribution in [3.63, 3.8) is 0 Å². The van der Waals surface area contributed by atoms with Crippen molar-refractivity contribution in [3.8, 4) is 5.75 Å². The Labute approximate surface area is 271 Å². The van der Waals surface area contributed by atoms with E-state index in [9.17, 15) is 26.0 Å². The second-order valence-electron chi connectivity index (χ2n) is 13.7. The maximum atomic E-state index is 14.7. The minimum absolute atomic E-state index is 0.00808. The Morgan fingerprint density at radius 2 is 1.33 bits per heavy atom. The lowest BCUT2D eigenvalue weighted by Gasteiger charge is -2.47. The van der Waals surface area contributed by atoms with Crippen LogP contribution in [0.15, 0.2) is 87.5 Å². The van der Waals surface area contributed by atoms with Gasteiger partial charge in [-0.3, -0.25) is 4.55 Å². The maximum absolute atomic E-state index is 14.7. The van der Waals surface area contributed by atoms with Crippen LogP contribution >= 0.6 is 0 Å². The third-order valence-electron chi connectivity index (χ3n) is 7.81. The van der Waals surface area contributed by atoms with Crippen LogP contribution in [0.2, 0.25) is 0 Å². The molecule has 252 valence electrons. The number of alkyl halides is 4. The highest BCUT2D eigenvalue weighted by molar-refractivity contribution is 7.97. The highest BCUT2D eigenvalue weighted by Gasteiger charge is 2.56. The molecule has 1 saturated heterocycles. The summed E-state index contributed by atoms with van der Waals surface area (Å²) in [5, 5.41) is -4.50. The first kappa shape index (κ1) is 36.2. The zero-order valence-electron chi connectivity index (χ0n) is 27.1. The summed E-state index contributed by atoms with van der Waals surface area (Å²) in [4.78, 5) is 2.65. The Morgan fingerprint density at radius 1 is 0.870 bits per heavy atom.